The number of rotatable bonds is 6. The number of halogens is 2. The fraction of sp³-hybridized carbons (Fsp3) is 0.190. The lowest BCUT2D eigenvalue weighted by Gasteiger charge is -2.10. The minimum Gasteiger partial charge on any atom is -0.378 e. The molecule has 1 aliphatic rings. The number of ether oxygens (including phenoxy) is 1. The van der Waals surface area contributed by atoms with Crippen LogP contribution in [0.3, 0.4) is 0 Å². The third-order valence-electron chi connectivity index (χ3n) is 4.76. The van der Waals surface area contributed by atoms with E-state index >= 15 is 0 Å². The van der Waals surface area contributed by atoms with Crippen molar-refractivity contribution < 1.29 is 23.1 Å². The van der Waals surface area contributed by atoms with E-state index in [4.69, 9.17) is 4.74 Å². The Morgan fingerprint density at radius 3 is 2.63 bits per heavy atom. The first-order valence-corrected chi connectivity index (χ1v) is 9.19. The average molecular weight is 412 g/mol. The number of nitrogens with one attached hydrogen (secondary N) is 2. The second-order valence-electron chi connectivity index (χ2n) is 6.79. The second kappa shape index (κ2) is 8.03. The van der Waals surface area contributed by atoms with E-state index in [-0.39, 0.29) is 24.5 Å². The number of amides is 2. The number of carbonyl (C=O) groups is 2. The second-order valence-corrected chi connectivity index (χ2v) is 6.79. The van der Waals surface area contributed by atoms with Crippen LogP contribution >= 0.6 is 0 Å². The molecule has 1 atom stereocenters. The van der Waals surface area contributed by atoms with Crippen molar-refractivity contribution in [2.75, 3.05) is 17.7 Å². The quantitative estimate of drug-likeness (QED) is 0.649. The van der Waals surface area contributed by atoms with E-state index in [1.165, 1.54) is 42.1 Å². The highest BCUT2D eigenvalue weighted by atomic mass is 19.1. The molecule has 0 fully saturated rings. The zero-order valence-electron chi connectivity index (χ0n) is 16.0. The fourth-order valence-electron chi connectivity index (χ4n) is 3.41. The van der Waals surface area contributed by atoms with Crippen molar-refractivity contribution in [3.63, 3.8) is 0 Å². The van der Waals surface area contributed by atoms with Gasteiger partial charge in [-0.2, -0.15) is 5.10 Å². The maximum Gasteiger partial charge on any atom is 0.251 e. The summed E-state index contributed by atoms with van der Waals surface area (Å²) in [4.78, 5) is 25.0. The Kier molecular flexibility index (Phi) is 5.28. The van der Waals surface area contributed by atoms with Gasteiger partial charge in [0.2, 0.25) is 5.91 Å². The molecule has 30 heavy (non-hydrogen) atoms. The number of nitrogens with zero attached hydrogens (tertiary/aromatic N) is 2. The highest BCUT2D eigenvalue weighted by Crippen LogP contribution is 2.39. The van der Waals surface area contributed by atoms with Crippen molar-refractivity contribution in [1.29, 1.82) is 0 Å². The summed E-state index contributed by atoms with van der Waals surface area (Å²) >= 11 is 0. The van der Waals surface area contributed by atoms with Gasteiger partial charge in [0.25, 0.3) is 5.91 Å². The fourth-order valence-corrected chi connectivity index (χ4v) is 3.41. The molecule has 3 aromatic rings. The van der Waals surface area contributed by atoms with Crippen molar-refractivity contribution in [3.8, 4) is 11.1 Å². The van der Waals surface area contributed by atoms with Crippen LogP contribution in [0.1, 0.15) is 18.2 Å². The summed E-state index contributed by atoms with van der Waals surface area (Å²) in [5, 5.41) is 9.67. The molecule has 2 heterocycles. The van der Waals surface area contributed by atoms with Gasteiger partial charge < -0.3 is 15.4 Å². The van der Waals surface area contributed by atoms with Crippen LogP contribution in [0.5, 0.6) is 0 Å². The topological polar surface area (TPSA) is 85.2 Å². The molecule has 0 saturated carbocycles. The van der Waals surface area contributed by atoms with E-state index in [0.29, 0.717) is 22.6 Å². The smallest absolute Gasteiger partial charge is 0.251 e. The monoisotopic (exact) mass is 412 g/mol. The predicted molar refractivity (Wildman–Crippen MR) is 106 cm³/mol. The number of aromatic nitrogens is 2. The van der Waals surface area contributed by atoms with Crippen molar-refractivity contribution >= 4 is 23.3 Å². The summed E-state index contributed by atoms with van der Waals surface area (Å²) in [5.74, 6) is -1.49. The maximum absolute atomic E-state index is 13.8. The molecule has 0 bridgehead atoms. The van der Waals surface area contributed by atoms with Crippen LogP contribution in [0.2, 0.25) is 0 Å². The molecule has 0 spiro atoms. The van der Waals surface area contributed by atoms with Gasteiger partial charge in [-0.1, -0.05) is 24.3 Å². The van der Waals surface area contributed by atoms with Crippen molar-refractivity contribution in [2.24, 2.45) is 0 Å². The highest BCUT2D eigenvalue weighted by molar-refractivity contribution is 6.04. The lowest BCUT2D eigenvalue weighted by atomic mass is 10.1. The zero-order valence-corrected chi connectivity index (χ0v) is 16.0. The third kappa shape index (κ3) is 3.67. The van der Waals surface area contributed by atoms with Gasteiger partial charge in [0.1, 0.15) is 23.5 Å². The number of hydrogen-bond acceptors (Lipinski definition) is 4. The van der Waals surface area contributed by atoms with Gasteiger partial charge in [-0.05, 0) is 29.8 Å². The molecular weight excluding hydrogens is 394 g/mol. The van der Waals surface area contributed by atoms with E-state index in [9.17, 15) is 18.4 Å². The summed E-state index contributed by atoms with van der Waals surface area (Å²) < 4.78 is 33.8. The molecule has 0 saturated heterocycles. The van der Waals surface area contributed by atoms with Gasteiger partial charge in [-0.25, -0.2) is 13.5 Å². The number of carbonyl (C=O) groups excluding carboxylic acids is 2. The Morgan fingerprint density at radius 2 is 1.93 bits per heavy atom. The minimum absolute atomic E-state index is 0.0358. The van der Waals surface area contributed by atoms with Crippen LogP contribution in [0.25, 0.3) is 11.1 Å². The van der Waals surface area contributed by atoms with Crippen LogP contribution in [0.4, 0.5) is 20.3 Å². The molecule has 0 aliphatic carbocycles. The van der Waals surface area contributed by atoms with E-state index in [0.717, 1.165) is 0 Å². The van der Waals surface area contributed by atoms with Gasteiger partial charge in [-0.3, -0.25) is 9.59 Å². The van der Waals surface area contributed by atoms with Crippen molar-refractivity contribution in [3.05, 3.63) is 65.9 Å². The van der Waals surface area contributed by atoms with Crippen LogP contribution in [-0.2, 0) is 20.9 Å². The summed E-state index contributed by atoms with van der Waals surface area (Å²) in [6.07, 6.45) is -0.232. The van der Waals surface area contributed by atoms with Crippen molar-refractivity contribution in [2.45, 2.75) is 19.1 Å². The molecule has 2 amide bonds. The lowest BCUT2D eigenvalue weighted by Crippen LogP contribution is -2.24. The molecule has 2 N–H and O–H groups in total. The molecule has 1 aromatic heterocycles. The number of anilines is 2. The van der Waals surface area contributed by atoms with Crippen LogP contribution in [0, 0.1) is 11.6 Å². The first kappa shape index (κ1) is 19.7. The molecule has 9 heteroatoms. The third-order valence-corrected chi connectivity index (χ3v) is 4.76. The van der Waals surface area contributed by atoms with Gasteiger partial charge in [0, 0.05) is 12.7 Å². The van der Waals surface area contributed by atoms with E-state index in [2.05, 4.69) is 15.7 Å². The Hall–Kier alpha value is -3.59. The van der Waals surface area contributed by atoms with Crippen LogP contribution < -0.4 is 10.6 Å². The molecule has 0 radical (unpaired) electrons. The molecule has 1 unspecified atom stereocenters. The molecule has 7 nitrogen and oxygen atoms in total. The lowest BCUT2D eigenvalue weighted by molar-refractivity contribution is -0.123. The number of methoxy groups -OCH3 is 1. The number of fused-ring (bicyclic) bond motifs is 1. The number of para-hydroxylation sites is 1. The Labute approximate surface area is 170 Å². The largest absolute Gasteiger partial charge is 0.378 e. The SMILES string of the molecule is COCc1nn2c(c1-c1ccc(F)cc1)NC(=O)C2CC(=O)Nc1ccccc1F. The van der Waals surface area contributed by atoms with Gasteiger partial charge in [0.05, 0.1) is 24.4 Å². The number of hydrogen-bond donors (Lipinski definition) is 2. The molecule has 4 rings (SSSR count). The van der Waals surface area contributed by atoms with Crippen molar-refractivity contribution in [1.82, 2.24) is 9.78 Å². The summed E-state index contributed by atoms with van der Waals surface area (Å²) in [6, 6.07) is 10.7. The van der Waals surface area contributed by atoms with Gasteiger partial charge >= 0.3 is 0 Å². The minimum atomic E-state index is -0.906. The first-order valence-electron chi connectivity index (χ1n) is 9.19. The zero-order chi connectivity index (χ0) is 21.3. The molecule has 154 valence electrons. The first-order chi connectivity index (χ1) is 14.5. The Bertz CT molecular complexity index is 1110. The highest BCUT2D eigenvalue weighted by Gasteiger charge is 2.37. The van der Waals surface area contributed by atoms with Crippen LogP contribution in [-0.4, -0.2) is 28.7 Å². The normalized spacial score (nSPS) is 15.0. The predicted octanol–water partition coefficient (Wildman–Crippen LogP) is 3.50. The standard InChI is InChI=1S/C21H18F2N4O3/c1-30-11-16-19(12-6-8-13(22)9-7-12)20-25-21(29)17(27(20)26-16)10-18(28)24-15-5-3-2-4-14(15)23/h2-9,17H,10-11H2,1H3,(H,24,28)(H,25,29). The van der Waals surface area contributed by atoms with E-state index in [1.54, 1.807) is 18.2 Å². The van der Waals surface area contributed by atoms with E-state index < -0.39 is 23.7 Å². The Balaban J connectivity index is 1.63. The molecular formula is C21H18F2N4O3. The number of benzene rings is 2. The summed E-state index contributed by atoms with van der Waals surface area (Å²) in [7, 11) is 1.51. The summed E-state index contributed by atoms with van der Waals surface area (Å²) in [6.45, 7) is 0.163. The van der Waals surface area contributed by atoms with Crippen LogP contribution in [0.15, 0.2) is 48.5 Å². The molecule has 2 aromatic carbocycles. The Morgan fingerprint density at radius 1 is 1.20 bits per heavy atom. The summed E-state index contributed by atoms with van der Waals surface area (Å²) in [5.41, 5.74) is 1.83. The molecule has 1 aliphatic heterocycles. The van der Waals surface area contributed by atoms with Gasteiger partial charge in [-0.15, -0.1) is 0 Å². The maximum atomic E-state index is 13.8. The average Bonchev–Trinajstić information content (AvgIpc) is 3.20. The van der Waals surface area contributed by atoms with Gasteiger partial charge in [0.15, 0.2) is 0 Å². The van der Waals surface area contributed by atoms with E-state index in [1.807, 2.05) is 0 Å².